The van der Waals surface area contributed by atoms with Gasteiger partial charge in [0.15, 0.2) is 0 Å². The molecule has 1 aromatic heterocycles. The molecule has 0 amide bonds. The van der Waals surface area contributed by atoms with E-state index in [9.17, 15) is 0 Å². The first-order chi connectivity index (χ1) is 7.19. The molecule has 3 heteroatoms. The van der Waals surface area contributed by atoms with E-state index < -0.39 is 0 Å². The Balaban J connectivity index is 2.94. The second kappa shape index (κ2) is 5.39. The number of rotatable bonds is 5. The average Bonchev–Trinajstić information content (AvgIpc) is 2.17. The second-order valence-electron chi connectivity index (χ2n) is 3.64. The number of aryl methyl sites for hydroxylation is 1. The zero-order valence-electron chi connectivity index (χ0n) is 9.53. The Morgan fingerprint density at radius 2 is 2.33 bits per heavy atom. The molecule has 0 aromatic carbocycles. The number of nitrogens with zero attached hydrogens (tertiary/aromatic N) is 2. The van der Waals surface area contributed by atoms with Gasteiger partial charge in [0.05, 0.1) is 11.9 Å². The first-order valence-electron chi connectivity index (χ1n) is 5.27. The molecular weight excluding hydrogens is 186 g/mol. The van der Waals surface area contributed by atoms with Crippen molar-refractivity contribution in [1.82, 2.24) is 4.98 Å². The van der Waals surface area contributed by atoms with Crippen LogP contribution in [-0.4, -0.2) is 18.1 Å². The Morgan fingerprint density at radius 1 is 1.60 bits per heavy atom. The SMILES string of the molecule is C=CCN(CCC)c1ncc(N)cc1C. The average molecular weight is 205 g/mol. The second-order valence-corrected chi connectivity index (χ2v) is 3.64. The molecule has 1 heterocycles. The lowest BCUT2D eigenvalue weighted by atomic mass is 10.2. The third-order valence-electron chi connectivity index (χ3n) is 2.21. The predicted octanol–water partition coefficient (Wildman–Crippen LogP) is 2.37. The summed E-state index contributed by atoms with van der Waals surface area (Å²) in [4.78, 5) is 6.58. The van der Waals surface area contributed by atoms with E-state index >= 15 is 0 Å². The van der Waals surface area contributed by atoms with Crippen LogP contribution in [0.5, 0.6) is 0 Å². The van der Waals surface area contributed by atoms with Crippen molar-refractivity contribution >= 4 is 11.5 Å². The van der Waals surface area contributed by atoms with Crippen molar-refractivity contribution < 1.29 is 0 Å². The van der Waals surface area contributed by atoms with E-state index in [0.717, 1.165) is 30.9 Å². The molecule has 0 unspecified atom stereocenters. The summed E-state index contributed by atoms with van der Waals surface area (Å²) in [5.41, 5.74) is 7.50. The highest BCUT2D eigenvalue weighted by Gasteiger charge is 2.08. The molecule has 0 saturated carbocycles. The predicted molar refractivity (Wildman–Crippen MR) is 66.1 cm³/mol. The normalized spacial score (nSPS) is 10.0. The Kier molecular flexibility index (Phi) is 4.16. The summed E-state index contributed by atoms with van der Waals surface area (Å²) in [6, 6.07) is 1.95. The van der Waals surface area contributed by atoms with Gasteiger partial charge >= 0.3 is 0 Å². The van der Waals surface area contributed by atoms with Gasteiger partial charge in [-0.1, -0.05) is 13.0 Å². The van der Waals surface area contributed by atoms with Crippen molar-refractivity contribution in [2.45, 2.75) is 20.3 Å². The van der Waals surface area contributed by atoms with E-state index in [4.69, 9.17) is 5.73 Å². The lowest BCUT2D eigenvalue weighted by Crippen LogP contribution is -2.25. The van der Waals surface area contributed by atoms with Crippen LogP contribution in [-0.2, 0) is 0 Å². The largest absolute Gasteiger partial charge is 0.397 e. The number of pyridine rings is 1. The maximum Gasteiger partial charge on any atom is 0.131 e. The topological polar surface area (TPSA) is 42.2 Å². The molecule has 0 saturated heterocycles. The maximum absolute atomic E-state index is 5.67. The van der Waals surface area contributed by atoms with E-state index in [1.807, 2.05) is 19.1 Å². The standard InChI is InChI=1S/C12H19N3/c1-4-6-15(7-5-2)12-10(3)8-11(13)9-14-12/h4,8-9H,1,5-7,13H2,2-3H3. The van der Waals surface area contributed by atoms with Crippen molar-refractivity contribution in [3.05, 3.63) is 30.5 Å². The molecule has 1 aromatic rings. The van der Waals surface area contributed by atoms with Crippen molar-refractivity contribution in [1.29, 1.82) is 0 Å². The fourth-order valence-electron chi connectivity index (χ4n) is 1.63. The maximum atomic E-state index is 5.67. The Labute approximate surface area is 91.6 Å². The minimum absolute atomic E-state index is 0.714. The van der Waals surface area contributed by atoms with E-state index in [1.165, 1.54) is 0 Å². The Bertz CT molecular complexity index is 334. The highest BCUT2D eigenvalue weighted by Crippen LogP contribution is 2.18. The lowest BCUT2D eigenvalue weighted by molar-refractivity contribution is 0.799. The number of nitrogen functional groups attached to an aromatic ring is 1. The van der Waals surface area contributed by atoms with Crippen LogP contribution in [0.25, 0.3) is 0 Å². The lowest BCUT2D eigenvalue weighted by Gasteiger charge is -2.23. The van der Waals surface area contributed by atoms with Gasteiger partial charge in [0, 0.05) is 13.1 Å². The summed E-state index contributed by atoms with van der Waals surface area (Å²) in [5.74, 6) is 1.01. The molecule has 0 radical (unpaired) electrons. The van der Waals surface area contributed by atoms with Crippen LogP contribution in [0.3, 0.4) is 0 Å². The van der Waals surface area contributed by atoms with E-state index in [1.54, 1.807) is 6.20 Å². The zero-order chi connectivity index (χ0) is 11.3. The van der Waals surface area contributed by atoms with Crippen LogP contribution in [0.1, 0.15) is 18.9 Å². The van der Waals surface area contributed by atoms with E-state index in [2.05, 4.69) is 23.4 Å². The van der Waals surface area contributed by atoms with Crippen LogP contribution in [0.15, 0.2) is 24.9 Å². The van der Waals surface area contributed by atoms with Gasteiger partial charge < -0.3 is 10.6 Å². The number of hydrogen-bond donors (Lipinski definition) is 1. The molecule has 1 rings (SSSR count). The van der Waals surface area contributed by atoms with Crippen LogP contribution < -0.4 is 10.6 Å². The summed E-state index contributed by atoms with van der Waals surface area (Å²) in [6.45, 7) is 9.76. The molecule has 0 fully saturated rings. The molecular formula is C12H19N3. The monoisotopic (exact) mass is 205 g/mol. The molecule has 0 atom stereocenters. The Morgan fingerprint density at radius 3 is 2.87 bits per heavy atom. The Hall–Kier alpha value is -1.51. The fraction of sp³-hybridized carbons (Fsp3) is 0.417. The molecule has 15 heavy (non-hydrogen) atoms. The van der Waals surface area contributed by atoms with E-state index in [-0.39, 0.29) is 0 Å². The summed E-state index contributed by atoms with van der Waals surface area (Å²) >= 11 is 0. The highest BCUT2D eigenvalue weighted by atomic mass is 15.2. The number of hydrogen-bond acceptors (Lipinski definition) is 3. The van der Waals surface area contributed by atoms with E-state index in [0.29, 0.717) is 5.69 Å². The van der Waals surface area contributed by atoms with Crippen molar-refractivity contribution in [3.63, 3.8) is 0 Å². The molecule has 0 aliphatic rings. The molecule has 2 N–H and O–H groups in total. The first kappa shape index (κ1) is 11.6. The molecule has 0 bridgehead atoms. The summed E-state index contributed by atoms with van der Waals surface area (Å²) in [6.07, 6.45) is 4.69. The number of anilines is 2. The van der Waals surface area contributed by atoms with Crippen LogP contribution in [0.4, 0.5) is 11.5 Å². The van der Waals surface area contributed by atoms with Crippen molar-refractivity contribution in [3.8, 4) is 0 Å². The van der Waals surface area contributed by atoms with Gasteiger partial charge in [-0.15, -0.1) is 6.58 Å². The van der Waals surface area contributed by atoms with Gasteiger partial charge in [-0.25, -0.2) is 4.98 Å². The third-order valence-corrected chi connectivity index (χ3v) is 2.21. The van der Waals surface area contributed by atoms with Crippen LogP contribution in [0, 0.1) is 6.92 Å². The molecule has 82 valence electrons. The zero-order valence-corrected chi connectivity index (χ0v) is 9.53. The van der Waals surface area contributed by atoms with Gasteiger partial charge in [-0.3, -0.25) is 0 Å². The third kappa shape index (κ3) is 2.98. The van der Waals surface area contributed by atoms with Gasteiger partial charge in [-0.2, -0.15) is 0 Å². The quantitative estimate of drug-likeness (QED) is 0.750. The smallest absolute Gasteiger partial charge is 0.131 e. The number of nitrogens with two attached hydrogens (primary N) is 1. The van der Waals surface area contributed by atoms with Crippen molar-refractivity contribution in [2.24, 2.45) is 0 Å². The van der Waals surface area contributed by atoms with Gasteiger partial charge in [0.25, 0.3) is 0 Å². The van der Waals surface area contributed by atoms with Gasteiger partial charge in [-0.05, 0) is 25.0 Å². The van der Waals surface area contributed by atoms with Crippen LogP contribution >= 0.6 is 0 Å². The van der Waals surface area contributed by atoms with Crippen LogP contribution in [0.2, 0.25) is 0 Å². The first-order valence-corrected chi connectivity index (χ1v) is 5.27. The number of aromatic nitrogens is 1. The highest BCUT2D eigenvalue weighted by molar-refractivity contribution is 5.52. The molecule has 0 aliphatic carbocycles. The molecule has 3 nitrogen and oxygen atoms in total. The van der Waals surface area contributed by atoms with Gasteiger partial charge in [0.2, 0.25) is 0 Å². The summed E-state index contributed by atoms with van der Waals surface area (Å²) in [5, 5.41) is 0. The fourth-order valence-corrected chi connectivity index (χ4v) is 1.63. The molecule has 0 spiro atoms. The minimum Gasteiger partial charge on any atom is -0.397 e. The molecule has 0 aliphatic heterocycles. The summed E-state index contributed by atoms with van der Waals surface area (Å²) in [7, 11) is 0. The summed E-state index contributed by atoms with van der Waals surface area (Å²) < 4.78 is 0. The van der Waals surface area contributed by atoms with Crippen molar-refractivity contribution in [2.75, 3.05) is 23.7 Å². The van der Waals surface area contributed by atoms with Gasteiger partial charge in [0.1, 0.15) is 5.82 Å². The minimum atomic E-state index is 0.714.